The Kier molecular flexibility index (Phi) is 5.69. The molecular formula is C22H19NO5. The molecule has 1 heterocycles. The van der Waals surface area contributed by atoms with E-state index >= 15 is 0 Å². The predicted octanol–water partition coefficient (Wildman–Crippen LogP) is 4.17. The van der Waals surface area contributed by atoms with Crippen LogP contribution in [-0.2, 0) is 9.53 Å². The summed E-state index contributed by atoms with van der Waals surface area (Å²) in [5, 5.41) is 2.73. The van der Waals surface area contributed by atoms with Gasteiger partial charge in [0.05, 0.1) is 5.56 Å². The summed E-state index contributed by atoms with van der Waals surface area (Å²) in [4.78, 5) is 34.8. The normalized spacial score (nSPS) is 10.4. The van der Waals surface area contributed by atoms with Crippen LogP contribution in [0.15, 0.2) is 59.0 Å². The number of carbonyl (C=O) groups is 3. The Morgan fingerprint density at radius 1 is 1.04 bits per heavy atom. The number of hydrogen-bond donors (Lipinski definition) is 1. The van der Waals surface area contributed by atoms with Crippen molar-refractivity contribution in [2.45, 2.75) is 13.8 Å². The Hall–Kier alpha value is -3.67. The monoisotopic (exact) mass is 377 g/mol. The van der Waals surface area contributed by atoms with Crippen molar-refractivity contribution >= 4 is 23.9 Å². The molecule has 0 atom stereocenters. The highest BCUT2D eigenvalue weighted by atomic mass is 16.5. The van der Waals surface area contributed by atoms with Crippen LogP contribution in [0, 0.1) is 13.8 Å². The van der Waals surface area contributed by atoms with Crippen molar-refractivity contribution in [3.63, 3.8) is 0 Å². The smallest absolute Gasteiger partial charge is 0.338 e. The van der Waals surface area contributed by atoms with E-state index in [4.69, 9.17) is 9.15 Å². The highest BCUT2D eigenvalue weighted by Crippen LogP contribution is 2.22. The molecule has 1 N–H and O–H groups in total. The van der Waals surface area contributed by atoms with E-state index in [0.29, 0.717) is 23.3 Å². The Balaban J connectivity index is 1.57. The number of aldehydes is 1. The van der Waals surface area contributed by atoms with E-state index in [2.05, 4.69) is 5.32 Å². The number of amides is 1. The number of ether oxygens (including phenoxy) is 1. The van der Waals surface area contributed by atoms with Crippen LogP contribution < -0.4 is 5.32 Å². The molecule has 1 aromatic heterocycles. The van der Waals surface area contributed by atoms with Crippen molar-refractivity contribution in [2.24, 2.45) is 0 Å². The van der Waals surface area contributed by atoms with Gasteiger partial charge in [-0.05, 0) is 49.7 Å². The van der Waals surface area contributed by atoms with Gasteiger partial charge in [0.25, 0.3) is 5.91 Å². The maximum atomic E-state index is 12.1. The number of benzene rings is 2. The zero-order chi connectivity index (χ0) is 20.1. The van der Waals surface area contributed by atoms with Gasteiger partial charge in [-0.15, -0.1) is 0 Å². The highest BCUT2D eigenvalue weighted by molar-refractivity contribution is 5.96. The molecule has 3 aromatic rings. The fraction of sp³-hybridized carbons (Fsp3) is 0.136. The summed E-state index contributed by atoms with van der Waals surface area (Å²) < 4.78 is 10.4. The third-order valence-corrected chi connectivity index (χ3v) is 4.14. The fourth-order valence-corrected chi connectivity index (χ4v) is 2.70. The fourth-order valence-electron chi connectivity index (χ4n) is 2.70. The number of furan rings is 1. The molecule has 0 aliphatic heterocycles. The van der Waals surface area contributed by atoms with Crippen molar-refractivity contribution in [1.82, 2.24) is 0 Å². The quantitative estimate of drug-likeness (QED) is 0.515. The minimum absolute atomic E-state index is 0.230. The first-order valence-corrected chi connectivity index (χ1v) is 8.66. The van der Waals surface area contributed by atoms with Crippen LogP contribution in [0.1, 0.15) is 32.0 Å². The number of anilines is 1. The molecule has 0 fully saturated rings. The van der Waals surface area contributed by atoms with E-state index in [1.165, 1.54) is 0 Å². The molecular weight excluding hydrogens is 358 g/mol. The second kappa shape index (κ2) is 8.35. The Morgan fingerprint density at radius 2 is 1.79 bits per heavy atom. The van der Waals surface area contributed by atoms with Crippen molar-refractivity contribution in [2.75, 3.05) is 11.9 Å². The lowest BCUT2D eigenvalue weighted by atomic mass is 10.1. The first kappa shape index (κ1) is 19.1. The van der Waals surface area contributed by atoms with Crippen LogP contribution in [0.3, 0.4) is 0 Å². The summed E-state index contributed by atoms with van der Waals surface area (Å²) in [5.41, 5.74) is 3.75. The molecule has 6 heteroatoms. The standard InChI is InChI=1S/C22H19NO5/c1-14-3-9-19(15(2)11-14)23-21(25)13-27-22(26)17-6-4-16(5-7-17)20-10-8-18(12-24)28-20/h3-12H,13H2,1-2H3,(H,23,25). The van der Waals surface area contributed by atoms with Crippen LogP contribution in [0.4, 0.5) is 5.69 Å². The minimum Gasteiger partial charge on any atom is -0.453 e. The summed E-state index contributed by atoms with van der Waals surface area (Å²) >= 11 is 0. The van der Waals surface area contributed by atoms with Gasteiger partial charge in [-0.1, -0.05) is 29.8 Å². The second-order valence-electron chi connectivity index (χ2n) is 6.34. The lowest BCUT2D eigenvalue weighted by Gasteiger charge is -2.09. The highest BCUT2D eigenvalue weighted by Gasteiger charge is 2.12. The minimum atomic E-state index is -0.602. The summed E-state index contributed by atoms with van der Waals surface area (Å²) in [5.74, 6) is -0.257. The molecule has 3 rings (SSSR count). The van der Waals surface area contributed by atoms with Gasteiger partial charge in [0.15, 0.2) is 18.7 Å². The Labute approximate surface area is 162 Å². The van der Waals surface area contributed by atoms with Gasteiger partial charge >= 0.3 is 5.97 Å². The molecule has 0 saturated carbocycles. The number of nitrogens with one attached hydrogen (secondary N) is 1. The van der Waals surface area contributed by atoms with E-state index < -0.39 is 11.9 Å². The third kappa shape index (κ3) is 4.54. The van der Waals surface area contributed by atoms with Gasteiger partial charge in [-0.3, -0.25) is 9.59 Å². The summed E-state index contributed by atoms with van der Waals surface area (Å²) in [6.45, 7) is 3.49. The molecule has 2 aromatic carbocycles. The molecule has 0 aliphatic carbocycles. The number of rotatable bonds is 6. The molecule has 0 bridgehead atoms. The molecule has 0 spiro atoms. The largest absolute Gasteiger partial charge is 0.453 e. The second-order valence-corrected chi connectivity index (χ2v) is 6.34. The zero-order valence-corrected chi connectivity index (χ0v) is 15.5. The Bertz CT molecular complexity index is 1020. The molecule has 142 valence electrons. The first-order chi connectivity index (χ1) is 13.5. The third-order valence-electron chi connectivity index (χ3n) is 4.14. The number of hydrogen-bond acceptors (Lipinski definition) is 5. The average Bonchev–Trinajstić information content (AvgIpc) is 3.18. The van der Waals surface area contributed by atoms with Crippen molar-refractivity contribution in [1.29, 1.82) is 0 Å². The van der Waals surface area contributed by atoms with Crippen molar-refractivity contribution < 1.29 is 23.5 Å². The lowest BCUT2D eigenvalue weighted by Crippen LogP contribution is -2.21. The van der Waals surface area contributed by atoms with E-state index in [9.17, 15) is 14.4 Å². The summed E-state index contributed by atoms with van der Waals surface area (Å²) in [6, 6.07) is 15.4. The van der Waals surface area contributed by atoms with Gasteiger partial charge in [0, 0.05) is 11.3 Å². The molecule has 0 aliphatic rings. The van der Waals surface area contributed by atoms with Gasteiger partial charge in [0.2, 0.25) is 0 Å². The molecule has 0 radical (unpaired) electrons. The maximum absolute atomic E-state index is 12.1. The number of carbonyl (C=O) groups excluding carboxylic acids is 3. The zero-order valence-electron chi connectivity index (χ0n) is 15.5. The van der Waals surface area contributed by atoms with Crippen LogP contribution >= 0.6 is 0 Å². The van der Waals surface area contributed by atoms with Crippen LogP contribution in [0.5, 0.6) is 0 Å². The molecule has 28 heavy (non-hydrogen) atoms. The number of aryl methyl sites for hydroxylation is 2. The predicted molar refractivity (Wildman–Crippen MR) is 104 cm³/mol. The summed E-state index contributed by atoms with van der Waals surface area (Å²) in [7, 11) is 0. The van der Waals surface area contributed by atoms with E-state index in [1.54, 1.807) is 36.4 Å². The summed E-state index contributed by atoms with van der Waals surface area (Å²) in [6.07, 6.45) is 0.623. The number of esters is 1. The van der Waals surface area contributed by atoms with E-state index in [0.717, 1.165) is 16.7 Å². The van der Waals surface area contributed by atoms with E-state index in [1.807, 2.05) is 32.0 Å². The first-order valence-electron chi connectivity index (χ1n) is 8.66. The van der Waals surface area contributed by atoms with Crippen molar-refractivity contribution in [3.05, 3.63) is 77.0 Å². The topological polar surface area (TPSA) is 85.6 Å². The van der Waals surface area contributed by atoms with Crippen LogP contribution in [0.2, 0.25) is 0 Å². The van der Waals surface area contributed by atoms with Crippen LogP contribution in [-0.4, -0.2) is 24.8 Å². The van der Waals surface area contributed by atoms with Gasteiger partial charge in [-0.2, -0.15) is 0 Å². The van der Waals surface area contributed by atoms with Gasteiger partial charge in [-0.25, -0.2) is 4.79 Å². The van der Waals surface area contributed by atoms with Crippen LogP contribution in [0.25, 0.3) is 11.3 Å². The van der Waals surface area contributed by atoms with Gasteiger partial charge < -0.3 is 14.5 Å². The SMILES string of the molecule is Cc1ccc(NC(=O)COC(=O)c2ccc(-c3ccc(C=O)o3)cc2)c(C)c1. The lowest BCUT2D eigenvalue weighted by molar-refractivity contribution is -0.119. The molecule has 6 nitrogen and oxygen atoms in total. The Morgan fingerprint density at radius 3 is 2.43 bits per heavy atom. The van der Waals surface area contributed by atoms with Crippen molar-refractivity contribution in [3.8, 4) is 11.3 Å². The molecule has 1 amide bonds. The molecule has 0 saturated heterocycles. The average molecular weight is 377 g/mol. The van der Waals surface area contributed by atoms with Gasteiger partial charge in [0.1, 0.15) is 5.76 Å². The molecule has 0 unspecified atom stereocenters. The van der Waals surface area contributed by atoms with E-state index in [-0.39, 0.29) is 12.4 Å². The maximum Gasteiger partial charge on any atom is 0.338 e.